The molecule has 1 unspecified atom stereocenters. The van der Waals surface area contributed by atoms with Crippen LogP contribution < -0.4 is 10.9 Å². The lowest BCUT2D eigenvalue weighted by molar-refractivity contribution is -0.115. The van der Waals surface area contributed by atoms with Crippen molar-refractivity contribution in [2.75, 3.05) is 11.9 Å². The number of hydrogen-bond donors (Lipinski definition) is 1. The number of hydrogen-bond acceptors (Lipinski definition) is 7. The Balaban J connectivity index is 1.35. The van der Waals surface area contributed by atoms with Gasteiger partial charge in [0.1, 0.15) is 5.00 Å². The SMILES string of the molecule is CCOC(=O)c1c(NC(=O)C(C)Sc2nc3ccccc3c(=O)n2-c2ccccc2)sc2c1CCc1ccccc1-2. The van der Waals surface area contributed by atoms with E-state index < -0.39 is 11.2 Å². The highest BCUT2D eigenvalue weighted by molar-refractivity contribution is 8.00. The van der Waals surface area contributed by atoms with Gasteiger partial charge in [0, 0.05) is 4.88 Å². The van der Waals surface area contributed by atoms with Gasteiger partial charge in [-0.1, -0.05) is 66.4 Å². The van der Waals surface area contributed by atoms with E-state index in [-0.39, 0.29) is 18.1 Å². The number of thioether (sulfide) groups is 1. The first-order valence-electron chi connectivity index (χ1n) is 13.4. The van der Waals surface area contributed by atoms with Gasteiger partial charge in [-0.2, -0.15) is 0 Å². The number of esters is 1. The fraction of sp³-hybridized carbons (Fsp3) is 0.188. The molecule has 41 heavy (non-hydrogen) atoms. The smallest absolute Gasteiger partial charge is 0.341 e. The summed E-state index contributed by atoms with van der Waals surface area (Å²) in [5.41, 5.74) is 4.67. The number of fused-ring (bicyclic) bond motifs is 4. The molecule has 1 atom stereocenters. The number of benzene rings is 3. The van der Waals surface area contributed by atoms with E-state index in [9.17, 15) is 14.4 Å². The Labute approximate surface area is 245 Å². The van der Waals surface area contributed by atoms with Gasteiger partial charge in [-0.05, 0) is 67.6 Å². The minimum atomic E-state index is -0.625. The number of thiophene rings is 1. The van der Waals surface area contributed by atoms with Crippen LogP contribution in [0.4, 0.5) is 5.00 Å². The monoisotopic (exact) mass is 581 g/mol. The molecule has 9 heteroatoms. The van der Waals surface area contributed by atoms with Crippen molar-refractivity contribution < 1.29 is 14.3 Å². The predicted molar refractivity (Wildman–Crippen MR) is 164 cm³/mol. The Bertz CT molecular complexity index is 1850. The van der Waals surface area contributed by atoms with Crippen LogP contribution in [0.25, 0.3) is 27.0 Å². The van der Waals surface area contributed by atoms with Gasteiger partial charge in [-0.15, -0.1) is 11.3 Å². The molecular weight excluding hydrogens is 555 g/mol. The third kappa shape index (κ3) is 5.07. The predicted octanol–water partition coefficient (Wildman–Crippen LogP) is 6.51. The van der Waals surface area contributed by atoms with Crippen molar-refractivity contribution in [3.63, 3.8) is 0 Å². The summed E-state index contributed by atoms with van der Waals surface area (Å²) < 4.78 is 6.94. The lowest BCUT2D eigenvalue weighted by Gasteiger charge is -2.17. The molecule has 1 N–H and O–H groups in total. The largest absolute Gasteiger partial charge is 0.462 e. The van der Waals surface area contributed by atoms with Crippen molar-refractivity contribution in [1.29, 1.82) is 0 Å². The zero-order valence-electron chi connectivity index (χ0n) is 22.5. The zero-order chi connectivity index (χ0) is 28.5. The van der Waals surface area contributed by atoms with Gasteiger partial charge < -0.3 is 10.1 Å². The van der Waals surface area contributed by atoms with Crippen molar-refractivity contribution >= 4 is 50.9 Å². The zero-order valence-corrected chi connectivity index (χ0v) is 24.2. The number of anilines is 1. The minimum Gasteiger partial charge on any atom is -0.462 e. The Morgan fingerprint density at radius 2 is 1.76 bits per heavy atom. The number of aryl methyl sites for hydroxylation is 1. The van der Waals surface area contributed by atoms with Crippen molar-refractivity contribution in [2.45, 2.75) is 37.1 Å². The number of nitrogens with one attached hydrogen (secondary N) is 1. The molecular formula is C32H27N3O4S2. The number of carbonyl (C=O) groups is 2. The van der Waals surface area contributed by atoms with Gasteiger partial charge in [-0.3, -0.25) is 14.2 Å². The molecule has 3 aromatic carbocycles. The summed E-state index contributed by atoms with van der Waals surface area (Å²) in [4.78, 5) is 46.0. The summed E-state index contributed by atoms with van der Waals surface area (Å²) in [6.45, 7) is 3.78. The van der Waals surface area contributed by atoms with E-state index in [4.69, 9.17) is 9.72 Å². The van der Waals surface area contributed by atoms with Gasteiger partial charge in [-0.25, -0.2) is 9.78 Å². The van der Waals surface area contributed by atoms with Crippen molar-refractivity contribution in [3.05, 3.63) is 106 Å². The number of amides is 1. The summed E-state index contributed by atoms with van der Waals surface area (Å²) >= 11 is 2.60. The van der Waals surface area contributed by atoms with Crippen LogP contribution >= 0.6 is 23.1 Å². The average molecular weight is 582 g/mol. The summed E-state index contributed by atoms with van der Waals surface area (Å²) in [6, 6.07) is 24.6. The van der Waals surface area contributed by atoms with E-state index >= 15 is 0 Å². The molecule has 0 aliphatic heterocycles. The van der Waals surface area contributed by atoms with Crippen molar-refractivity contribution in [2.24, 2.45) is 0 Å². The highest BCUT2D eigenvalue weighted by Crippen LogP contribution is 2.45. The summed E-state index contributed by atoms with van der Waals surface area (Å²) in [6.07, 6.45) is 1.51. The van der Waals surface area contributed by atoms with Crippen molar-refractivity contribution in [3.8, 4) is 16.1 Å². The fourth-order valence-corrected chi connectivity index (χ4v) is 7.30. The Morgan fingerprint density at radius 1 is 1.02 bits per heavy atom. The molecule has 0 fully saturated rings. The molecule has 0 saturated carbocycles. The Morgan fingerprint density at radius 3 is 2.56 bits per heavy atom. The van der Waals surface area contributed by atoms with Crippen LogP contribution in [-0.4, -0.2) is 33.3 Å². The minimum absolute atomic E-state index is 0.203. The number of aromatic nitrogens is 2. The standard InChI is InChI=1S/C32H27N3O4S2/c1-3-39-31(38)26-24-18-17-20-11-7-8-14-22(20)27(24)41-29(26)34-28(36)19(2)40-32-33-25-16-10-9-15-23(25)30(37)35(32)21-12-5-4-6-13-21/h4-16,19H,3,17-18H2,1-2H3,(H,34,36). The van der Waals surface area contributed by atoms with Gasteiger partial charge in [0.2, 0.25) is 5.91 Å². The van der Waals surface area contributed by atoms with E-state index in [1.165, 1.54) is 28.7 Å². The Hall–Kier alpha value is -4.21. The second-order valence-corrected chi connectivity index (χ2v) is 12.0. The average Bonchev–Trinajstić information content (AvgIpc) is 3.36. The van der Waals surface area contributed by atoms with E-state index in [0.717, 1.165) is 22.4 Å². The van der Waals surface area contributed by atoms with Crippen LogP contribution in [0.2, 0.25) is 0 Å². The summed E-state index contributed by atoms with van der Waals surface area (Å²) in [7, 11) is 0. The molecule has 0 saturated heterocycles. The maximum absolute atomic E-state index is 13.6. The highest BCUT2D eigenvalue weighted by atomic mass is 32.2. The molecule has 0 bridgehead atoms. The molecule has 1 aliphatic rings. The van der Waals surface area contributed by atoms with E-state index in [2.05, 4.69) is 17.4 Å². The van der Waals surface area contributed by atoms with Gasteiger partial charge in [0.15, 0.2) is 5.16 Å². The number of para-hydroxylation sites is 2. The highest BCUT2D eigenvalue weighted by Gasteiger charge is 2.31. The molecule has 6 rings (SSSR count). The summed E-state index contributed by atoms with van der Waals surface area (Å²) in [5.74, 6) is -0.733. The molecule has 2 aromatic heterocycles. The quantitative estimate of drug-likeness (QED) is 0.134. The fourth-order valence-electron chi connectivity index (χ4n) is 5.07. The molecule has 1 amide bonds. The number of ether oxygens (including phenoxy) is 1. The second kappa shape index (κ2) is 11.3. The van der Waals surface area contributed by atoms with Crippen LogP contribution in [0.3, 0.4) is 0 Å². The first-order chi connectivity index (χ1) is 20.0. The van der Waals surface area contributed by atoms with Gasteiger partial charge in [0.25, 0.3) is 5.56 Å². The number of carbonyl (C=O) groups excluding carboxylic acids is 2. The van der Waals surface area contributed by atoms with Crippen LogP contribution in [0, 0.1) is 0 Å². The normalized spacial score (nSPS) is 12.8. The van der Waals surface area contributed by atoms with E-state index in [1.807, 2.05) is 54.6 Å². The van der Waals surface area contributed by atoms with E-state index in [1.54, 1.807) is 30.5 Å². The third-order valence-corrected chi connectivity index (χ3v) is 9.27. The Kier molecular flexibility index (Phi) is 7.47. The number of rotatable bonds is 7. The molecule has 5 aromatic rings. The van der Waals surface area contributed by atoms with Gasteiger partial charge in [0.05, 0.1) is 34.0 Å². The third-order valence-electron chi connectivity index (χ3n) is 7.04. The first-order valence-corrected chi connectivity index (χ1v) is 15.1. The van der Waals surface area contributed by atoms with Crippen LogP contribution in [0.15, 0.2) is 88.8 Å². The van der Waals surface area contributed by atoms with Gasteiger partial charge >= 0.3 is 5.97 Å². The number of nitrogens with zero attached hydrogens (tertiary/aromatic N) is 2. The van der Waals surface area contributed by atoms with E-state index in [0.29, 0.717) is 38.7 Å². The molecule has 7 nitrogen and oxygen atoms in total. The maximum Gasteiger partial charge on any atom is 0.341 e. The topological polar surface area (TPSA) is 90.3 Å². The molecule has 0 spiro atoms. The van der Waals surface area contributed by atoms with Crippen molar-refractivity contribution in [1.82, 2.24) is 9.55 Å². The molecule has 206 valence electrons. The summed E-state index contributed by atoms with van der Waals surface area (Å²) in [5, 5.41) is 3.78. The first kappa shape index (κ1) is 27.0. The maximum atomic E-state index is 13.6. The second-order valence-electron chi connectivity index (χ2n) is 9.63. The molecule has 2 heterocycles. The van der Waals surface area contributed by atoms with Crippen LogP contribution in [-0.2, 0) is 22.4 Å². The van der Waals surface area contributed by atoms with Crippen LogP contribution in [0.1, 0.15) is 35.3 Å². The lowest BCUT2D eigenvalue weighted by Crippen LogP contribution is -2.26. The molecule has 1 aliphatic carbocycles. The lowest BCUT2D eigenvalue weighted by atomic mass is 9.89. The van der Waals surface area contributed by atoms with Crippen LogP contribution in [0.5, 0.6) is 0 Å². The molecule has 0 radical (unpaired) electrons.